The molecule has 0 amide bonds. The molecular weight excluding hydrogens is 458 g/mol. The van der Waals surface area contributed by atoms with E-state index in [1.54, 1.807) is 7.05 Å². The molecule has 2 rings (SSSR count). The quantitative estimate of drug-likeness (QED) is 0.279. The molecule has 0 aromatic rings. The summed E-state index contributed by atoms with van der Waals surface area (Å²) in [5.74, 6) is 0. The summed E-state index contributed by atoms with van der Waals surface area (Å²) < 4.78 is 17.0. The molecule has 0 aromatic carbocycles. The van der Waals surface area contributed by atoms with Crippen molar-refractivity contribution in [1.82, 2.24) is 5.32 Å². The van der Waals surface area contributed by atoms with E-state index in [1.807, 2.05) is 6.92 Å². The van der Waals surface area contributed by atoms with Gasteiger partial charge >= 0.3 is 0 Å². The fraction of sp³-hybridized carbons (Fsp3) is 1.00. The largest absolute Gasteiger partial charge is 0.389 e. The average molecular weight is 494 g/mol. The lowest BCUT2D eigenvalue weighted by Gasteiger charge is -2.47. The molecule has 1 saturated carbocycles. The zero-order chi connectivity index (χ0) is 18.0. The first-order valence-corrected chi connectivity index (χ1v) is 8.45. The van der Waals surface area contributed by atoms with Crippen molar-refractivity contribution in [2.45, 2.75) is 80.7 Å². The van der Waals surface area contributed by atoms with Gasteiger partial charge in [0.2, 0.25) is 0 Å². The van der Waals surface area contributed by atoms with Crippen LogP contribution in [0.5, 0.6) is 0 Å². The van der Waals surface area contributed by atoms with Gasteiger partial charge in [-0.3, -0.25) is 0 Å². The van der Waals surface area contributed by atoms with Gasteiger partial charge in [-0.05, 0) is 26.8 Å². The van der Waals surface area contributed by atoms with E-state index in [-0.39, 0.29) is 67.8 Å². The molecule has 1 heterocycles. The minimum absolute atomic E-state index is 0. The smallest absolute Gasteiger partial charge is 0.173 e. The third-order valence-corrected chi connectivity index (χ3v) is 5.10. The van der Waals surface area contributed by atoms with Crippen LogP contribution >= 0.6 is 49.6 Å². The summed E-state index contributed by atoms with van der Waals surface area (Å²) in [6.07, 6.45) is -2.90. The third kappa shape index (κ3) is 7.19. The van der Waals surface area contributed by atoms with Crippen LogP contribution in [0.15, 0.2) is 0 Å². The summed E-state index contributed by atoms with van der Waals surface area (Å²) >= 11 is 0. The molecule has 0 bridgehead atoms. The Balaban J connectivity index is -0.00000156. The summed E-state index contributed by atoms with van der Waals surface area (Å²) in [7, 11) is 3.14. The van der Waals surface area contributed by atoms with E-state index >= 15 is 0 Å². The molecule has 174 valence electrons. The van der Waals surface area contributed by atoms with Gasteiger partial charge in [0.1, 0.15) is 12.2 Å². The second-order valence-electron chi connectivity index (χ2n) is 6.82. The van der Waals surface area contributed by atoms with Crippen molar-refractivity contribution in [2.24, 2.45) is 17.2 Å². The summed E-state index contributed by atoms with van der Waals surface area (Å²) in [5.41, 5.74) is 18.1. The standard InChI is InChI=1S/C15H32N4O5.4ClH/c1-6(16)8-5-4-7(17)15(23-8)24-13-9(18)11(20)14(22-3)10(19-2)12(13)21;;;;/h6-15,19-21H,4-5,16-18H2,1-3H3;4*1H/t6-,7+,8-,9-,10-,11-,12+,13+,14+,15+;;;;/m0..../s1. The minimum atomic E-state index is -0.995. The highest BCUT2D eigenvalue weighted by molar-refractivity contribution is 5.86. The molecule has 10 atom stereocenters. The van der Waals surface area contributed by atoms with Crippen LogP contribution in [0, 0.1) is 0 Å². The molecule has 1 aliphatic carbocycles. The van der Waals surface area contributed by atoms with Gasteiger partial charge < -0.3 is 46.9 Å². The lowest BCUT2D eigenvalue weighted by Crippen LogP contribution is -2.71. The van der Waals surface area contributed by atoms with Gasteiger partial charge in [-0.1, -0.05) is 0 Å². The highest BCUT2D eigenvalue weighted by atomic mass is 35.5. The second-order valence-corrected chi connectivity index (χ2v) is 6.82. The Labute approximate surface area is 191 Å². The van der Waals surface area contributed by atoms with Crippen molar-refractivity contribution < 1.29 is 24.4 Å². The molecule has 28 heavy (non-hydrogen) atoms. The Morgan fingerprint density at radius 2 is 1.61 bits per heavy atom. The van der Waals surface area contributed by atoms with Gasteiger partial charge in [0, 0.05) is 13.2 Å². The summed E-state index contributed by atoms with van der Waals surface area (Å²) in [4.78, 5) is 0. The Bertz CT molecular complexity index is 419. The van der Waals surface area contributed by atoms with Gasteiger partial charge in [-0.2, -0.15) is 0 Å². The Morgan fingerprint density at radius 3 is 2.07 bits per heavy atom. The Kier molecular flexibility index (Phi) is 17.6. The van der Waals surface area contributed by atoms with E-state index in [0.29, 0.717) is 6.42 Å². The van der Waals surface area contributed by atoms with E-state index in [0.717, 1.165) is 6.42 Å². The molecule has 13 heteroatoms. The number of aliphatic hydroxyl groups is 2. The first-order valence-electron chi connectivity index (χ1n) is 8.45. The van der Waals surface area contributed by atoms with Gasteiger partial charge in [-0.15, -0.1) is 49.6 Å². The number of rotatable bonds is 5. The van der Waals surface area contributed by atoms with Crippen molar-refractivity contribution in [3.63, 3.8) is 0 Å². The highest BCUT2D eigenvalue weighted by Gasteiger charge is 2.50. The number of hydrogen-bond acceptors (Lipinski definition) is 9. The number of methoxy groups -OCH3 is 1. The lowest BCUT2D eigenvalue weighted by atomic mass is 9.81. The normalized spacial score (nSPS) is 41.4. The Hall–Kier alpha value is 0.800. The van der Waals surface area contributed by atoms with Crippen molar-refractivity contribution in [1.29, 1.82) is 0 Å². The van der Waals surface area contributed by atoms with Crippen LogP contribution in [0.1, 0.15) is 19.8 Å². The molecule has 0 spiro atoms. The minimum Gasteiger partial charge on any atom is -0.389 e. The number of halogens is 4. The number of hydrogen-bond donors (Lipinski definition) is 6. The zero-order valence-corrected chi connectivity index (χ0v) is 19.4. The molecular formula is C15H36Cl4N4O5. The number of nitrogens with two attached hydrogens (primary N) is 3. The van der Waals surface area contributed by atoms with E-state index in [4.69, 9.17) is 31.4 Å². The SMILES string of the molecule is CN[C@H]1[C@@H](O)[C@H](O[C@H]2O[C@H]([C@H](C)N)CC[C@H]2N)[C@@H](N)[C@H](O)[C@@H]1OC.Cl.Cl.Cl.Cl. The van der Waals surface area contributed by atoms with Crippen molar-refractivity contribution in [2.75, 3.05) is 14.2 Å². The van der Waals surface area contributed by atoms with Crippen molar-refractivity contribution in [3.05, 3.63) is 0 Å². The topological polar surface area (TPSA) is 158 Å². The number of nitrogens with one attached hydrogen (secondary N) is 1. The highest BCUT2D eigenvalue weighted by Crippen LogP contribution is 2.28. The van der Waals surface area contributed by atoms with Crippen LogP contribution in [-0.2, 0) is 14.2 Å². The Morgan fingerprint density at radius 1 is 1.04 bits per heavy atom. The van der Waals surface area contributed by atoms with Gasteiger partial charge in [-0.25, -0.2) is 0 Å². The van der Waals surface area contributed by atoms with Crippen LogP contribution < -0.4 is 22.5 Å². The monoisotopic (exact) mass is 492 g/mol. The maximum atomic E-state index is 10.6. The number of aliphatic hydroxyl groups excluding tert-OH is 2. The molecule has 0 aromatic heterocycles. The van der Waals surface area contributed by atoms with Crippen LogP contribution in [0.3, 0.4) is 0 Å². The second kappa shape index (κ2) is 14.7. The fourth-order valence-corrected chi connectivity index (χ4v) is 3.55. The van der Waals surface area contributed by atoms with Crippen molar-refractivity contribution >= 4 is 49.6 Å². The third-order valence-electron chi connectivity index (χ3n) is 5.10. The lowest BCUT2D eigenvalue weighted by molar-refractivity contribution is -0.262. The van der Waals surface area contributed by atoms with Crippen molar-refractivity contribution in [3.8, 4) is 0 Å². The maximum Gasteiger partial charge on any atom is 0.173 e. The summed E-state index contributed by atoms with van der Waals surface area (Å²) in [5, 5.41) is 24.0. The maximum absolute atomic E-state index is 10.6. The molecule has 9 N–H and O–H groups in total. The predicted octanol–water partition coefficient (Wildman–Crippen LogP) is -1.10. The van der Waals surface area contributed by atoms with Gasteiger partial charge in [0.05, 0.1) is 36.4 Å². The molecule has 9 nitrogen and oxygen atoms in total. The summed E-state index contributed by atoms with van der Waals surface area (Å²) in [6.45, 7) is 1.86. The first-order chi connectivity index (χ1) is 11.3. The van der Waals surface area contributed by atoms with Crippen LogP contribution in [0.2, 0.25) is 0 Å². The van der Waals surface area contributed by atoms with E-state index in [9.17, 15) is 10.2 Å². The molecule has 1 saturated heterocycles. The molecule has 2 fully saturated rings. The fourth-order valence-electron chi connectivity index (χ4n) is 3.55. The number of ether oxygens (including phenoxy) is 3. The predicted molar refractivity (Wildman–Crippen MR) is 117 cm³/mol. The van der Waals surface area contributed by atoms with Crippen LogP contribution in [-0.4, -0.2) is 85.3 Å². The van der Waals surface area contributed by atoms with Gasteiger partial charge in [0.25, 0.3) is 0 Å². The van der Waals surface area contributed by atoms with E-state index < -0.39 is 42.8 Å². The van der Waals surface area contributed by atoms with Crippen LogP contribution in [0.4, 0.5) is 0 Å². The van der Waals surface area contributed by atoms with E-state index in [2.05, 4.69) is 5.32 Å². The molecule has 0 unspecified atom stereocenters. The molecule has 0 radical (unpaired) electrons. The average Bonchev–Trinajstić information content (AvgIpc) is 2.55. The summed E-state index contributed by atoms with van der Waals surface area (Å²) in [6, 6.07) is -1.85. The zero-order valence-electron chi connectivity index (χ0n) is 16.2. The molecule has 1 aliphatic heterocycles. The molecule has 2 aliphatic rings. The van der Waals surface area contributed by atoms with Gasteiger partial charge in [0.15, 0.2) is 6.29 Å². The number of likely N-dealkylation sites (N-methyl/N-ethyl adjacent to an activating group) is 1. The van der Waals surface area contributed by atoms with E-state index in [1.165, 1.54) is 7.11 Å². The van der Waals surface area contributed by atoms with Crippen LogP contribution in [0.25, 0.3) is 0 Å². The first kappa shape index (κ1) is 33.4.